The summed E-state index contributed by atoms with van der Waals surface area (Å²) in [7, 11) is 0. The van der Waals surface area contributed by atoms with Crippen molar-refractivity contribution >= 4 is 17.4 Å². The van der Waals surface area contributed by atoms with E-state index >= 15 is 0 Å². The van der Waals surface area contributed by atoms with Gasteiger partial charge in [0.2, 0.25) is 0 Å². The first-order chi connectivity index (χ1) is 15.6. The molecule has 3 fully saturated rings. The molecule has 3 aliphatic rings. The van der Waals surface area contributed by atoms with E-state index in [-0.39, 0.29) is 17.0 Å². The quantitative estimate of drug-likeness (QED) is 0.609. The Morgan fingerprint density at radius 2 is 1.67 bits per heavy atom. The van der Waals surface area contributed by atoms with Crippen molar-refractivity contribution in [3.63, 3.8) is 0 Å². The van der Waals surface area contributed by atoms with E-state index in [4.69, 9.17) is 16.3 Å². The minimum Gasteiger partial charge on any atom is -0.370 e. The van der Waals surface area contributed by atoms with E-state index in [1.54, 1.807) is 6.07 Å². The molecule has 0 bridgehead atoms. The van der Waals surface area contributed by atoms with Crippen LogP contribution in [0.3, 0.4) is 0 Å². The number of hydrogen-bond acceptors (Lipinski definition) is 5. The Bertz CT molecular complexity index is 982. The molecule has 1 aromatic heterocycles. The summed E-state index contributed by atoms with van der Waals surface area (Å²) in [5.41, 5.74) is 1.01. The van der Waals surface area contributed by atoms with Gasteiger partial charge in [-0.05, 0) is 95.5 Å². The first-order valence-corrected chi connectivity index (χ1v) is 12.4. The lowest BCUT2D eigenvalue weighted by atomic mass is 9.84. The van der Waals surface area contributed by atoms with Crippen LogP contribution in [0.15, 0.2) is 30.3 Å². The fraction of sp³-hybridized carbons (Fsp3) is 0.615. The summed E-state index contributed by atoms with van der Waals surface area (Å²) in [6, 6.07) is 9.07. The molecule has 1 saturated carbocycles. The lowest BCUT2D eigenvalue weighted by molar-refractivity contribution is -0.176. The third-order valence-corrected chi connectivity index (χ3v) is 7.85. The molecule has 3 atom stereocenters. The van der Waals surface area contributed by atoms with Crippen molar-refractivity contribution in [1.82, 2.24) is 15.1 Å². The summed E-state index contributed by atoms with van der Waals surface area (Å²) < 4.78 is 19.9. The molecule has 1 aliphatic carbocycles. The monoisotopic (exact) mass is 472 g/mol. The molecule has 1 N–H and O–H groups in total. The maximum absolute atomic E-state index is 13.6. The van der Waals surface area contributed by atoms with Gasteiger partial charge in [-0.3, -0.25) is 4.90 Å². The van der Waals surface area contributed by atoms with Crippen LogP contribution >= 0.6 is 11.6 Å². The number of likely N-dealkylation sites (tertiary alicyclic amines) is 1. The second kappa shape index (κ2) is 8.47. The summed E-state index contributed by atoms with van der Waals surface area (Å²) in [5.74, 6) is 1.89. The summed E-state index contributed by atoms with van der Waals surface area (Å²) in [4.78, 5) is 2.73. The maximum atomic E-state index is 13.6. The molecule has 7 heteroatoms. The van der Waals surface area contributed by atoms with Crippen LogP contribution < -0.4 is 5.32 Å². The smallest absolute Gasteiger partial charge is 0.148 e. The second-order valence-electron chi connectivity index (χ2n) is 11.4. The molecule has 2 aromatic rings. The first kappa shape index (κ1) is 23.0. The molecular weight excluding hydrogens is 439 g/mol. The van der Waals surface area contributed by atoms with E-state index in [9.17, 15) is 4.39 Å². The van der Waals surface area contributed by atoms with Crippen LogP contribution in [0.25, 0.3) is 11.3 Å². The van der Waals surface area contributed by atoms with Crippen molar-refractivity contribution in [2.45, 2.75) is 76.7 Å². The SMILES string of the molecule is CC1(C)CC(N2C[C@H]3C[C@@H](Nc4ccc(-c5cc(F)ccc5Cl)nn4)C[C@H]3C2)CC(C)(C)O1. The molecule has 5 nitrogen and oxygen atoms in total. The molecule has 3 heterocycles. The van der Waals surface area contributed by atoms with Gasteiger partial charge in [-0.2, -0.15) is 0 Å². The average Bonchev–Trinajstić information content (AvgIpc) is 3.27. The van der Waals surface area contributed by atoms with Crippen LogP contribution in [-0.4, -0.2) is 51.5 Å². The van der Waals surface area contributed by atoms with Gasteiger partial charge in [-0.15, -0.1) is 10.2 Å². The number of anilines is 1. The Morgan fingerprint density at radius 1 is 1.00 bits per heavy atom. The third-order valence-electron chi connectivity index (χ3n) is 7.52. The molecule has 2 saturated heterocycles. The van der Waals surface area contributed by atoms with Crippen molar-refractivity contribution in [1.29, 1.82) is 0 Å². The number of benzene rings is 1. The Balaban J connectivity index is 1.18. The molecule has 0 unspecified atom stereocenters. The van der Waals surface area contributed by atoms with Crippen LogP contribution in [-0.2, 0) is 4.74 Å². The van der Waals surface area contributed by atoms with Gasteiger partial charge in [-0.25, -0.2) is 4.39 Å². The highest BCUT2D eigenvalue weighted by atomic mass is 35.5. The average molecular weight is 473 g/mol. The van der Waals surface area contributed by atoms with Crippen LogP contribution in [0.2, 0.25) is 5.02 Å². The van der Waals surface area contributed by atoms with Crippen LogP contribution in [0, 0.1) is 17.7 Å². The molecular formula is C26H34ClFN4O. The number of fused-ring (bicyclic) bond motifs is 1. The van der Waals surface area contributed by atoms with Gasteiger partial charge in [-0.1, -0.05) is 11.6 Å². The predicted octanol–water partition coefficient (Wildman–Crippen LogP) is 5.79. The van der Waals surface area contributed by atoms with Crippen molar-refractivity contribution in [3.8, 4) is 11.3 Å². The molecule has 1 aromatic carbocycles. The zero-order valence-corrected chi connectivity index (χ0v) is 20.7. The van der Waals surface area contributed by atoms with Gasteiger partial charge in [0.1, 0.15) is 11.6 Å². The molecule has 5 rings (SSSR count). The molecule has 0 spiro atoms. The van der Waals surface area contributed by atoms with Crippen LogP contribution in [0.4, 0.5) is 10.2 Å². The predicted molar refractivity (Wildman–Crippen MR) is 130 cm³/mol. The number of aromatic nitrogens is 2. The van der Waals surface area contributed by atoms with Gasteiger partial charge in [0, 0.05) is 30.7 Å². The summed E-state index contributed by atoms with van der Waals surface area (Å²) in [6.45, 7) is 11.3. The Kier molecular flexibility index (Phi) is 5.91. The molecule has 33 heavy (non-hydrogen) atoms. The highest BCUT2D eigenvalue weighted by Gasteiger charge is 2.47. The number of nitrogens with one attached hydrogen (secondary N) is 1. The van der Waals surface area contributed by atoms with E-state index in [1.165, 1.54) is 25.2 Å². The van der Waals surface area contributed by atoms with Crippen LogP contribution in [0.1, 0.15) is 53.4 Å². The maximum Gasteiger partial charge on any atom is 0.148 e. The lowest BCUT2D eigenvalue weighted by Crippen LogP contribution is -2.52. The van der Waals surface area contributed by atoms with E-state index in [0.717, 1.165) is 43.3 Å². The van der Waals surface area contributed by atoms with Crippen molar-refractivity contribution in [2.75, 3.05) is 18.4 Å². The number of halogens is 2. The minimum atomic E-state index is -0.335. The van der Waals surface area contributed by atoms with Gasteiger partial charge in [0.15, 0.2) is 0 Å². The third kappa shape index (κ3) is 5.03. The van der Waals surface area contributed by atoms with Gasteiger partial charge in [0.25, 0.3) is 0 Å². The lowest BCUT2D eigenvalue weighted by Gasteiger charge is -2.48. The number of rotatable bonds is 4. The highest BCUT2D eigenvalue weighted by molar-refractivity contribution is 6.33. The second-order valence-corrected chi connectivity index (χ2v) is 11.8. The number of ether oxygens (including phenoxy) is 1. The Hall–Kier alpha value is -1.76. The summed E-state index contributed by atoms with van der Waals surface area (Å²) >= 11 is 6.20. The molecule has 0 amide bonds. The fourth-order valence-electron chi connectivity index (χ4n) is 6.50. The first-order valence-electron chi connectivity index (χ1n) is 12.1. The van der Waals surface area contributed by atoms with Gasteiger partial charge >= 0.3 is 0 Å². The van der Waals surface area contributed by atoms with E-state index < -0.39 is 0 Å². The Labute approximate surface area is 201 Å². The van der Waals surface area contributed by atoms with E-state index in [0.29, 0.717) is 28.4 Å². The van der Waals surface area contributed by atoms with E-state index in [2.05, 4.69) is 48.1 Å². The number of nitrogens with zero attached hydrogens (tertiary/aromatic N) is 3. The van der Waals surface area contributed by atoms with Gasteiger partial charge < -0.3 is 10.1 Å². The van der Waals surface area contributed by atoms with Crippen molar-refractivity contribution < 1.29 is 9.13 Å². The van der Waals surface area contributed by atoms with Crippen molar-refractivity contribution in [3.05, 3.63) is 41.2 Å². The highest BCUT2D eigenvalue weighted by Crippen LogP contribution is 2.44. The summed E-state index contributed by atoms with van der Waals surface area (Å²) in [5, 5.41) is 12.7. The topological polar surface area (TPSA) is 50.3 Å². The van der Waals surface area contributed by atoms with Crippen LogP contribution in [0.5, 0.6) is 0 Å². The number of hydrogen-bond donors (Lipinski definition) is 1. The fourth-order valence-corrected chi connectivity index (χ4v) is 6.72. The standard InChI is InChI=1S/C26H34ClFN4O/c1-25(2)12-20(13-26(3,4)33-25)32-14-16-9-19(10-17(16)15-32)29-24-8-7-23(30-31-24)21-11-18(28)5-6-22(21)27/h5-8,11,16-17,19-20H,9-10,12-15H2,1-4H3,(H,29,31)/t16-,17+,19-. The van der Waals surface area contributed by atoms with E-state index in [1.807, 2.05) is 12.1 Å². The molecule has 2 aliphatic heterocycles. The Morgan fingerprint density at radius 3 is 2.27 bits per heavy atom. The normalized spacial score (nSPS) is 29.2. The molecule has 0 radical (unpaired) electrons. The summed E-state index contributed by atoms with van der Waals surface area (Å²) in [6.07, 6.45) is 4.54. The zero-order valence-electron chi connectivity index (χ0n) is 19.9. The zero-order chi connectivity index (χ0) is 23.4. The largest absolute Gasteiger partial charge is 0.370 e. The van der Waals surface area contributed by atoms with Gasteiger partial charge in [0.05, 0.1) is 21.9 Å². The molecule has 178 valence electrons. The minimum absolute atomic E-state index is 0.0607. The van der Waals surface area contributed by atoms with Crippen molar-refractivity contribution in [2.24, 2.45) is 11.8 Å².